The first kappa shape index (κ1) is 20.4. The third-order valence-electron chi connectivity index (χ3n) is 5.87. The van der Waals surface area contributed by atoms with Crippen LogP contribution in [0.2, 0.25) is 0 Å². The lowest BCUT2D eigenvalue weighted by Crippen LogP contribution is -2.35. The number of hydrogen-bond acceptors (Lipinski definition) is 6. The van der Waals surface area contributed by atoms with Gasteiger partial charge in [0.1, 0.15) is 35.2 Å². The molecule has 0 bridgehead atoms. The minimum absolute atomic E-state index is 0.154. The van der Waals surface area contributed by atoms with Gasteiger partial charge in [-0.1, -0.05) is 0 Å². The Balaban J connectivity index is 1.50. The summed E-state index contributed by atoms with van der Waals surface area (Å²) in [4.78, 5) is 31.8. The SMILES string of the molecule is CN(C)c1cc(Nc2cccn([C@H]3C[C@H](F)C3)c2=O)nc2c(C(=O)N[C@@H]3C[C@@H]3F)cnn12. The number of hydrogen-bond donors (Lipinski definition) is 2. The van der Waals surface area contributed by atoms with Crippen molar-refractivity contribution in [3.63, 3.8) is 0 Å². The molecule has 32 heavy (non-hydrogen) atoms. The molecular formula is C21H23F2N7O2. The number of anilines is 3. The molecule has 1 amide bonds. The smallest absolute Gasteiger partial charge is 0.274 e. The van der Waals surface area contributed by atoms with Gasteiger partial charge in [0.25, 0.3) is 11.5 Å². The first-order valence-corrected chi connectivity index (χ1v) is 10.4. The number of amides is 1. The quantitative estimate of drug-likeness (QED) is 0.607. The normalized spacial score (nSPS) is 24.1. The molecule has 2 N–H and O–H groups in total. The summed E-state index contributed by atoms with van der Waals surface area (Å²) in [6, 6.07) is 4.42. The van der Waals surface area contributed by atoms with Gasteiger partial charge in [0.15, 0.2) is 5.65 Å². The van der Waals surface area contributed by atoms with E-state index in [4.69, 9.17) is 0 Å². The fourth-order valence-corrected chi connectivity index (χ4v) is 3.83. The lowest BCUT2D eigenvalue weighted by molar-refractivity contribution is 0.0949. The molecule has 0 aromatic carbocycles. The highest BCUT2D eigenvalue weighted by Gasteiger charge is 2.39. The molecule has 2 atom stereocenters. The van der Waals surface area contributed by atoms with Gasteiger partial charge < -0.3 is 20.1 Å². The Kier molecular flexibility index (Phi) is 4.83. The molecule has 0 radical (unpaired) electrons. The molecule has 3 aromatic heterocycles. The summed E-state index contributed by atoms with van der Waals surface area (Å²) in [6.07, 6.45) is 2.11. The molecule has 2 aliphatic rings. The molecule has 168 valence electrons. The Morgan fingerprint density at radius 1 is 1.25 bits per heavy atom. The van der Waals surface area contributed by atoms with Crippen LogP contribution in [0.25, 0.3) is 5.65 Å². The van der Waals surface area contributed by atoms with E-state index in [-0.39, 0.29) is 22.8 Å². The molecule has 0 unspecified atom stereocenters. The van der Waals surface area contributed by atoms with E-state index in [0.717, 1.165) is 0 Å². The van der Waals surface area contributed by atoms with Crippen LogP contribution in [0.5, 0.6) is 0 Å². The monoisotopic (exact) mass is 443 g/mol. The second-order valence-corrected chi connectivity index (χ2v) is 8.50. The summed E-state index contributed by atoms with van der Waals surface area (Å²) in [5.41, 5.74) is 0.513. The Hall–Kier alpha value is -3.50. The minimum Gasteiger partial charge on any atom is -0.363 e. The number of carbonyl (C=O) groups excluding carboxylic acids is 1. The summed E-state index contributed by atoms with van der Waals surface area (Å²) in [7, 11) is 3.63. The van der Waals surface area contributed by atoms with Crippen LogP contribution in [0.4, 0.5) is 26.1 Å². The molecule has 3 heterocycles. The third kappa shape index (κ3) is 3.57. The molecule has 11 heteroatoms. The van der Waals surface area contributed by atoms with Crippen LogP contribution in [0, 0.1) is 0 Å². The van der Waals surface area contributed by atoms with Gasteiger partial charge in [0.2, 0.25) is 0 Å². The highest BCUT2D eigenvalue weighted by atomic mass is 19.1. The summed E-state index contributed by atoms with van der Waals surface area (Å²) >= 11 is 0. The predicted octanol–water partition coefficient (Wildman–Crippen LogP) is 2.21. The Labute approximate surface area is 182 Å². The number of alkyl halides is 2. The summed E-state index contributed by atoms with van der Waals surface area (Å²) in [5.74, 6) is 0.520. The van der Waals surface area contributed by atoms with Gasteiger partial charge in [-0.15, -0.1) is 0 Å². The first-order chi connectivity index (χ1) is 15.3. The van der Waals surface area contributed by atoms with Crippen molar-refractivity contribution in [2.24, 2.45) is 0 Å². The van der Waals surface area contributed by atoms with E-state index in [9.17, 15) is 18.4 Å². The van der Waals surface area contributed by atoms with Crippen molar-refractivity contribution in [2.75, 3.05) is 24.3 Å². The van der Waals surface area contributed by atoms with Gasteiger partial charge >= 0.3 is 0 Å². The summed E-state index contributed by atoms with van der Waals surface area (Å²) < 4.78 is 29.5. The van der Waals surface area contributed by atoms with Gasteiger partial charge in [-0.3, -0.25) is 9.59 Å². The number of nitrogens with zero attached hydrogens (tertiary/aromatic N) is 5. The fourth-order valence-electron chi connectivity index (χ4n) is 3.83. The van der Waals surface area contributed by atoms with Crippen molar-refractivity contribution >= 4 is 28.9 Å². The molecule has 0 saturated heterocycles. The number of fused-ring (bicyclic) bond motifs is 1. The molecule has 2 fully saturated rings. The van der Waals surface area contributed by atoms with Gasteiger partial charge in [-0.05, 0) is 25.0 Å². The van der Waals surface area contributed by atoms with E-state index in [2.05, 4.69) is 20.7 Å². The van der Waals surface area contributed by atoms with Crippen molar-refractivity contribution in [2.45, 2.75) is 43.7 Å². The van der Waals surface area contributed by atoms with E-state index in [1.54, 1.807) is 29.3 Å². The number of aromatic nitrogens is 4. The third-order valence-corrected chi connectivity index (χ3v) is 5.87. The fraction of sp³-hybridized carbons (Fsp3) is 0.429. The number of pyridine rings is 1. The minimum atomic E-state index is -1.02. The molecule has 0 aliphatic heterocycles. The van der Waals surface area contributed by atoms with E-state index in [1.807, 2.05) is 14.1 Å². The molecule has 5 rings (SSSR count). The summed E-state index contributed by atoms with van der Waals surface area (Å²) in [6.45, 7) is 0. The van der Waals surface area contributed by atoms with Crippen LogP contribution in [0.1, 0.15) is 35.7 Å². The van der Waals surface area contributed by atoms with Gasteiger partial charge in [-0.25, -0.2) is 13.8 Å². The average Bonchev–Trinajstić information content (AvgIpc) is 3.24. The van der Waals surface area contributed by atoms with E-state index in [1.165, 1.54) is 15.3 Å². The Bertz CT molecular complexity index is 1250. The highest BCUT2D eigenvalue weighted by molar-refractivity contribution is 6.00. The molecule has 3 aromatic rings. The Morgan fingerprint density at radius 2 is 2.00 bits per heavy atom. The van der Waals surface area contributed by atoms with E-state index >= 15 is 0 Å². The van der Waals surface area contributed by atoms with Gasteiger partial charge in [0, 0.05) is 38.8 Å². The molecule has 2 saturated carbocycles. The lowest BCUT2D eigenvalue weighted by Gasteiger charge is -2.31. The van der Waals surface area contributed by atoms with Crippen molar-refractivity contribution in [3.05, 3.63) is 46.5 Å². The first-order valence-electron chi connectivity index (χ1n) is 10.4. The second kappa shape index (κ2) is 7.57. The van der Waals surface area contributed by atoms with Crippen molar-refractivity contribution in [3.8, 4) is 0 Å². The van der Waals surface area contributed by atoms with Crippen LogP contribution >= 0.6 is 0 Å². The van der Waals surface area contributed by atoms with Gasteiger partial charge in [-0.2, -0.15) is 9.61 Å². The van der Waals surface area contributed by atoms with Crippen LogP contribution in [0.3, 0.4) is 0 Å². The maximum absolute atomic E-state index is 13.3. The van der Waals surface area contributed by atoms with Crippen LogP contribution < -0.4 is 21.1 Å². The molecule has 9 nitrogen and oxygen atoms in total. The van der Waals surface area contributed by atoms with Crippen LogP contribution in [-0.4, -0.2) is 57.6 Å². The predicted molar refractivity (Wildman–Crippen MR) is 115 cm³/mol. The van der Waals surface area contributed by atoms with Crippen LogP contribution in [-0.2, 0) is 0 Å². The molecular weight excluding hydrogens is 420 g/mol. The summed E-state index contributed by atoms with van der Waals surface area (Å²) in [5, 5.41) is 9.93. The number of nitrogens with one attached hydrogen (secondary N) is 2. The maximum atomic E-state index is 13.3. The standard InChI is InChI=1S/C21H23F2N7O2/c1-28(2)18-9-17(25-15-4-3-5-29(21(15)32)12-6-11(22)7-12)27-19-13(10-24-30(18)19)20(31)26-16-8-14(16)23/h3-5,9-12,14,16H,6-8H2,1-2H3,(H,25,27)(H,26,31)/t11-,12-,14-,16+/m0/s1. The largest absolute Gasteiger partial charge is 0.363 e. The van der Waals surface area contributed by atoms with Gasteiger partial charge in [0.05, 0.1) is 12.2 Å². The van der Waals surface area contributed by atoms with Crippen molar-refractivity contribution in [1.82, 2.24) is 24.5 Å². The van der Waals surface area contributed by atoms with Crippen molar-refractivity contribution in [1.29, 1.82) is 0 Å². The zero-order valence-electron chi connectivity index (χ0n) is 17.6. The Morgan fingerprint density at radius 3 is 2.66 bits per heavy atom. The zero-order valence-corrected chi connectivity index (χ0v) is 17.6. The second-order valence-electron chi connectivity index (χ2n) is 8.50. The number of carbonyl (C=O) groups is 1. The highest BCUT2D eigenvalue weighted by Crippen LogP contribution is 2.33. The van der Waals surface area contributed by atoms with E-state index in [0.29, 0.717) is 36.6 Å². The average molecular weight is 443 g/mol. The number of rotatable bonds is 6. The topological polar surface area (TPSA) is 96.6 Å². The molecule has 2 aliphatic carbocycles. The maximum Gasteiger partial charge on any atom is 0.274 e. The molecule has 0 spiro atoms. The van der Waals surface area contributed by atoms with E-state index < -0.39 is 24.3 Å². The number of halogens is 2. The zero-order chi connectivity index (χ0) is 22.6. The van der Waals surface area contributed by atoms with Crippen LogP contribution in [0.15, 0.2) is 35.4 Å². The van der Waals surface area contributed by atoms with Crippen molar-refractivity contribution < 1.29 is 13.6 Å². The lowest BCUT2D eigenvalue weighted by atomic mass is 9.90.